The molecule has 0 bridgehead atoms. The Morgan fingerprint density at radius 3 is 3.00 bits per heavy atom. The first-order chi connectivity index (χ1) is 8.26. The molecule has 4 heteroatoms. The average Bonchev–Trinajstić information content (AvgIpc) is 2.80. The molecular formula is C13H16N4. The van der Waals surface area contributed by atoms with Gasteiger partial charge in [0, 0.05) is 18.0 Å². The fraction of sp³-hybridized carbons (Fsp3) is 0.231. The van der Waals surface area contributed by atoms with E-state index in [1.165, 1.54) is 11.9 Å². The monoisotopic (exact) mass is 228 g/mol. The Morgan fingerprint density at radius 2 is 2.35 bits per heavy atom. The molecule has 0 aliphatic rings. The first-order valence-corrected chi connectivity index (χ1v) is 5.63. The molecule has 0 aliphatic carbocycles. The SMILES string of the molecule is CCc1cc[nH]c1-c1cnc(N=CN)c(C)c1. The maximum Gasteiger partial charge on any atom is 0.156 e. The molecule has 2 aromatic rings. The fourth-order valence-electron chi connectivity index (χ4n) is 1.88. The Balaban J connectivity index is 2.44. The number of nitrogens with zero attached hydrogens (tertiary/aromatic N) is 2. The Bertz CT molecular complexity index is 540. The molecule has 88 valence electrons. The number of hydrogen-bond acceptors (Lipinski definition) is 2. The summed E-state index contributed by atoms with van der Waals surface area (Å²) in [6.45, 7) is 4.12. The lowest BCUT2D eigenvalue weighted by molar-refractivity contribution is 1.14. The number of rotatable bonds is 3. The van der Waals surface area contributed by atoms with E-state index in [9.17, 15) is 0 Å². The summed E-state index contributed by atoms with van der Waals surface area (Å²) in [4.78, 5) is 11.6. The van der Waals surface area contributed by atoms with Crippen molar-refractivity contribution in [1.29, 1.82) is 0 Å². The van der Waals surface area contributed by atoms with Gasteiger partial charge in [0.05, 0.1) is 12.0 Å². The lowest BCUT2D eigenvalue weighted by atomic mass is 10.1. The molecule has 0 aromatic carbocycles. The Hall–Kier alpha value is -2.10. The van der Waals surface area contributed by atoms with Crippen LogP contribution in [0, 0.1) is 6.92 Å². The number of H-pyrrole nitrogens is 1. The van der Waals surface area contributed by atoms with Crippen LogP contribution >= 0.6 is 0 Å². The van der Waals surface area contributed by atoms with Crippen molar-refractivity contribution < 1.29 is 0 Å². The van der Waals surface area contributed by atoms with Crippen molar-refractivity contribution in [3.05, 3.63) is 35.7 Å². The number of aryl methyl sites for hydroxylation is 2. The molecule has 2 aromatic heterocycles. The maximum absolute atomic E-state index is 5.27. The molecular weight excluding hydrogens is 212 g/mol. The number of pyridine rings is 1. The van der Waals surface area contributed by atoms with Crippen LogP contribution in [0.1, 0.15) is 18.1 Å². The molecule has 2 rings (SSSR count). The average molecular weight is 228 g/mol. The molecule has 0 atom stereocenters. The molecule has 17 heavy (non-hydrogen) atoms. The second kappa shape index (κ2) is 4.82. The summed E-state index contributed by atoms with van der Waals surface area (Å²) in [5.41, 5.74) is 9.79. The third-order valence-electron chi connectivity index (χ3n) is 2.75. The van der Waals surface area contributed by atoms with Gasteiger partial charge in [0.2, 0.25) is 0 Å². The van der Waals surface area contributed by atoms with Gasteiger partial charge in [0.15, 0.2) is 5.82 Å². The predicted octanol–water partition coefficient (Wildman–Crippen LogP) is 2.57. The van der Waals surface area contributed by atoms with Crippen LogP contribution in [0.2, 0.25) is 0 Å². The topological polar surface area (TPSA) is 67.1 Å². The third kappa shape index (κ3) is 2.20. The van der Waals surface area contributed by atoms with Crippen molar-refractivity contribution in [2.75, 3.05) is 0 Å². The fourth-order valence-corrected chi connectivity index (χ4v) is 1.88. The lowest BCUT2D eigenvalue weighted by Gasteiger charge is -2.05. The Labute approximate surface area is 101 Å². The number of nitrogens with one attached hydrogen (secondary N) is 1. The molecule has 0 unspecified atom stereocenters. The van der Waals surface area contributed by atoms with Gasteiger partial charge in [0.1, 0.15) is 0 Å². The molecule has 0 amide bonds. The van der Waals surface area contributed by atoms with Crippen LogP contribution in [0.5, 0.6) is 0 Å². The largest absolute Gasteiger partial charge is 0.390 e. The van der Waals surface area contributed by atoms with E-state index in [4.69, 9.17) is 5.73 Å². The zero-order chi connectivity index (χ0) is 12.3. The molecule has 3 N–H and O–H groups in total. The number of aromatic amines is 1. The summed E-state index contributed by atoms with van der Waals surface area (Å²) < 4.78 is 0. The highest BCUT2D eigenvalue weighted by Gasteiger charge is 2.07. The van der Waals surface area contributed by atoms with Crippen molar-refractivity contribution in [2.45, 2.75) is 20.3 Å². The highest BCUT2D eigenvalue weighted by Crippen LogP contribution is 2.25. The highest BCUT2D eigenvalue weighted by atomic mass is 14.9. The highest BCUT2D eigenvalue weighted by molar-refractivity contribution is 5.66. The molecule has 2 heterocycles. The van der Waals surface area contributed by atoms with Gasteiger partial charge in [-0.05, 0) is 36.6 Å². The molecule has 0 spiro atoms. The quantitative estimate of drug-likeness (QED) is 0.626. The van der Waals surface area contributed by atoms with E-state index in [0.29, 0.717) is 5.82 Å². The minimum Gasteiger partial charge on any atom is -0.390 e. The Kier molecular flexibility index (Phi) is 3.23. The molecule has 0 radical (unpaired) electrons. The van der Waals surface area contributed by atoms with Crippen LogP contribution < -0.4 is 5.73 Å². The molecule has 0 aliphatic heterocycles. The summed E-state index contributed by atoms with van der Waals surface area (Å²) in [7, 11) is 0. The van der Waals surface area contributed by atoms with Gasteiger partial charge in [-0.1, -0.05) is 6.92 Å². The molecule has 0 fully saturated rings. The molecule has 0 saturated heterocycles. The summed E-state index contributed by atoms with van der Waals surface area (Å²) in [6, 6.07) is 4.16. The van der Waals surface area contributed by atoms with E-state index in [2.05, 4.69) is 34.0 Å². The van der Waals surface area contributed by atoms with Crippen LogP contribution in [0.15, 0.2) is 29.5 Å². The van der Waals surface area contributed by atoms with E-state index < -0.39 is 0 Å². The van der Waals surface area contributed by atoms with Gasteiger partial charge in [0.25, 0.3) is 0 Å². The minimum atomic E-state index is 0.667. The van der Waals surface area contributed by atoms with E-state index in [1.807, 2.05) is 19.3 Å². The van der Waals surface area contributed by atoms with Gasteiger partial charge in [-0.2, -0.15) is 0 Å². The summed E-state index contributed by atoms with van der Waals surface area (Å²) in [6.07, 6.45) is 6.04. The van der Waals surface area contributed by atoms with E-state index in [-0.39, 0.29) is 0 Å². The second-order valence-corrected chi connectivity index (χ2v) is 3.87. The zero-order valence-electron chi connectivity index (χ0n) is 10.1. The smallest absolute Gasteiger partial charge is 0.156 e. The zero-order valence-corrected chi connectivity index (χ0v) is 10.1. The van der Waals surface area contributed by atoms with Gasteiger partial charge in [-0.25, -0.2) is 9.98 Å². The number of hydrogen-bond donors (Lipinski definition) is 2. The van der Waals surface area contributed by atoms with Crippen molar-refractivity contribution in [3.8, 4) is 11.3 Å². The standard InChI is InChI=1S/C13H16N4/c1-3-10-4-5-15-12(10)11-6-9(2)13(16-7-11)17-8-14/h4-8,15H,3H2,1-2H3,(H2,14,16,17). The summed E-state index contributed by atoms with van der Waals surface area (Å²) in [5, 5.41) is 0. The number of nitrogens with two attached hydrogens (primary N) is 1. The second-order valence-electron chi connectivity index (χ2n) is 3.87. The Morgan fingerprint density at radius 1 is 1.53 bits per heavy atom. The van der Waals surface area contributed by atoms with E-state index >= 15 is 0 Å². The van der Waals surface area contributed by atoms with Crippen molar-refractivity contribution >= 4 is 12.2 Å². The minimum absolute atomic E-state index is 0.667. The summed E-state index contributed by atoms with van der Waals surface area (Å²) >= 11 is 0. The third-order valence-corrected chi connectivity index (χ3v) is 2.75. The predicted molar refractivity (Wildman–Crippen MR) is 70.5 cm³/mol. The van der Waals surface area contributed by atoms with Crippen LogP contribution in [0.4, 0.5) is 5.82 Å². The van der Waals surface area contributed by atoms with Gasteiger partial charge >= 0.3 is 0 Å². The van der Waals surface area contributed by atoms with Gasteiger partial charge in [-0.15, -0.1) is 0 Å². The van der Waals surface area contributed by atoms with Gasteiger partial charge < -0.3 is 10.7 Å². The summed E-state index contributed by atoms with van der Waals surface area (Å²) in [5.74, 6) is 0.667. The maximum atomic E-state index is 5.27. The van der Waals surface area contributed by atoms with Crippen molar-refractivity contribution in [3.63, 3.8) is 0 Å². The van der Waals surface area contributed by atoms with Crippen LogP contribution in [0.3, 0.4) is 0 Å². The lowest BCUT2D eigenvalue weighted by Crippen LogP contribution is -1.91. The first kappa shape index (κ1) is 11.4. The van der Waals surface area contributed by atoms with Crippen LogP contribution in [-0.2, 0) is 6.42 Å². The molecule has 4 nitrogen and oxygen atoms in total. The van der Waals surface area contributed by atoms with E-state index in [0.717, 1.165) is 23.2 Å². The van der Waals surface area contributed by atoms with Crippen LogP contribution in [0.25, 0.3) is 11.3 Å². The van der Waals surface area contributed by atoms with Crippen molar-refractivity contribution in [2.24, 2.45) is 10.7 Å². The van der Waals surface area contributed by atoms with Gasteiger partial charge in [-0.3, -0.25) is 0 Å². The molecule has 0 saturated carbocycles. The number of aromatic nitrogens is 2. The first-order valence-electron chi connectivity index (χ1n) is 5.63. The number of aliphatic imine (C=N–C) groups is 1. The van der Waals surface area contributed by atoms with E-state index in [1.54, 1.807) is 0 Å². The van der Waals surface area contributed by atoms with Crippen LogP contribution in [-0.4, -0.2) is 16.3 Å². The van der Waals surface area contributed by atoms with Crippen molar-refractivity contribution in [1.82, 2.24) is 9.97 Å². The normalized spacial score (nSPS) is 11.2.